The van der Waals surface area contributed by atoms with Crippen molar-refractivity contribution >= 4 is 0 Å². The molecule has 1 aliphatic rings. The van der Waals surface area contributed by atoms with Crippen molar-refractivity contribution in [1.82, 2.24) is 0 Å². The van der Waals surface area contributed by atoms with Crippen LogP contribution in [0, 0.1) is 18.7 Å². The Kier molecular flexibility index (Phi) is 3.67. The topological polar surface area (TPSA) is 29.5 Å². The monoisotopic (exact) mass is 238 g/mol. The first-order valence-electron chi connectivity index (χ1n) is 6.17. The summed E-state index contributed by atoms with van der Waals surface area (Å²) in [5.41, 5.74) is 0.900. The van der Waals surface area contributed by atoms with Crippen LogP contribution >= 0.6 is 0 Å². The number of rotatable bonds is 2. The fourth-order valence-corrected chi connectivity index (χ4v) is 2.30. The Balaban J connectivity index is 2.11. The van der Waals surface area contributed by atoms with Crippen LogP contribution in [0.25, 0.3) is 0 Å². The molecule has 1 aliphatic carbocycles. The second kappa shape index (κ2) is 5.05. The van der Waals surface area contributed by atoms with Crippen molar-refractivity contribution in [2.24, 2.45) is 5.92 Å². The van der Waals surface area contributed by atoms with Crippen molar-refractivity contribution in [3.05, 3.63) is 29.6 Å². The average molecular weight is 238 g/mol. The Bertz CT molecular complexity index is 392. The summed E-state index contributed by atoms with van der Waals surface area (Å²) in [6.45, 7) is 4.04. The molecule has 3 atom stereocenters. The molecular formula is C14H19FO2. The molecule has 17 heavy (non-hydrogen) atoms. The van der Waals surface area contributed by atoms with E-state index in [1.807, 2.05) is 6.92 Å². The Morgan fingerprint density at radius 1 is 1.35 bits per heavy atom. The van der Waals surface area contributed by atoms with Gasteiger partial charge in [-0.1, -0.05) is 13.0 Å². The van der Waals surface area contributed by atoms with Crippen LogP contribution in [0.15, 0.2) is 18.2 Å². The molecule has 0 heterocycles. The van der Waals surface area contributed by atoms with Crippen LogP contribution in [0.4, 0.5) is 4.39 Å². The van der Waals surface area contributed by atoms with Crippen molar-refractivity contribution in [3.8, 4) is 5.75 Å². The van der Waals surface area contributed by atoms with Crippen LogP contribution in [-0.4, -0.2) is 17.3 Å². The number of hydrogen-bond acceptors (Lipinski definition) is 2. The zero-order valence-electron chi connectivity index (χ0n) is 10.3. The van der Waals surface area contributed by atoms with Gasteiger partial charge in [-0.3, -0.25) is 0 Å². The zero-order chi connectivity index (χ0) is 12.4. The molecule has 3 heteroatoms. The van der Waals surface area contributed by atoms with Crippen LogP contribution in [0.2, 0.25) is 0 Å². The van der Waals surface area contributed by atoms with E-state index in [0.29, 0.717) is 11.7 Å². The zero-order valence-corrected chi connectivity index (χ0v) is 10.3. The van der Waals surface area contributed by atoms with Crippen molar-refractivity contribution in [2.45, 2.75) is 45.3 Å². The Morgan fingerprint density at radius 3 is 2.88 bits per heavy atom. The number of benzene rings is 1. The van der Waals surface area contributed by atoms with E-state index < -0.39 is 6.10 Å². The van der Waals surface area contributed by atoms with E-state index in [1.54, 1.807) is 6.07 Å². The maximum Gasteiger partial charge on any atom is 0.126 e. The summed E-state index contributed by atoms with van der Waals surface area (Å²) in [5, 5.41) is 9.89. The number of hydrogen-bond donors (Lipinski definition) is 1. The van der Waals surface area contributed by atoms with Gasteiger partial charge in [0.05, 0.1) is 6.10 Å². The highest BCUT2D eigenvalue weighted by Crippen LogP contribution is 2.29. The molecule has 0 spiro atoms. The second-order valence-corrected chi connectivity index (χ2v) is 5.05. The van der Waals surface area contributed by atoms with E-state index in [9.17, 15) is 9.50 Å². The van der Waals surface area contributed by atoms with Gasteiger partial charge in [0.2, 0.25) is 0 Å². The summed E-state index contributed by atoms with van der Waals surface area (Å²) < 4.78 is 18.9. The summed E-state index contributed by atoms with van der Waals surface area (Å²) in [7, 11) is 0. The minimum absolute atomic E-state index is 0.209. The summed E-state index contributed by atoms with van der Waals surface area (Å²) in [6.07, 6.45) is 1.98. The molecule has 2 rings (SSSR count). The SMILES string of the molecule is Cc1ccc(F)cc1OC1CC(C)CCC1O. The maximum absolute atomic E-state index is 13.1. The third-order valence-corrected chi connectivity index (χ3v) is 3.45. The van der Waals surface area contributed by atoms with E-state index in [2.05, 4.69) is 6.92 Å². The van der Waals surface area contributed by atoms with Crippen molar-refractivity contribution in [1.29, 1.82) is 0 Å². The number of ether oxygens (including phenoxy) is 1. The first-order chi connectivity index (χ1) is 8.06. The second-order valence-electron chi connectivity index (χ2n) is 5.05. The molecule has 2 nitrogen and oxygen atoms in total. The molecule has 0 aromatic heterocycles. The van der Waals surface area contributed by atoms with Gasteiger partial charge in [-0.2, -0.15) is 0 Å². The Hall–Kier alpha value is -1.09. The first-order valence-corrected chi connectivity index (χ1v) is 6.17. The van der Waals surface area contributed by atoms with Crippen molar-refractivity contribution in [3.63, 3.8) is 0 Å². The van der Waals surface area contributed by atoms with Gasteiger partial charge in [0, 0.05) is 6.07 Å². The van der Waals surface area contributed by atoms with E-state index in [0.717, 1.165) is 24.8 Å². The van der Waals surface area contributed by atoms with Gasteiger partial charge in [-0.25, -0.2) is 4.39 Å². The quantitative estimate of drug-likeness (QED) is 0.858. The summed E-state index contributed by atoms with van der Waals surface area (Å²) in [5.74, 6) is 0.796. The molecule has 1 aromatic rings. The predicted molar refractivity (Wildman–Crippen MR) is 64.6 cm³/mol. The third-order valence-electron chi connectivity index (χ3n) is 3.45. The van der Waals surface area contributed by atoms with E-state index in [4.69, 9.17) is 4.74 Å². The molecule has 1 fully saturated rings. The van der Waals surface area contributed by atoms with Crippen LogP contribution in [0.5, 0.6) is 5.75 Å². The smallest absolute Gasteiger partial charge is 0.126 e. The minimum Gasteiger partial charge on any atom is -0.487 e. The van der Waals surface area contributed by atoms with Gasteiger partial charge in [0.1, 0.15) is 17.7 Å². The van der Waals surface area contributed by atoms with Gasteiger partial charge in [-0.05, 0) is 43.7 Å². The van der Waals surface area contributed by atoms with Gasteiger partial charge < -0.3 is 9.84 Å². The normalized spacial score (nSPS) is 29.1. The molecule has 0 amide bonds. The lowest BCUT2D eigenvalue weighted by Crippen LogP contribution is -2.37. The first kappa shape index (κ1) is 12.4. The Morgan fingerprint density at radius 2 is 2.12 bits per heavy atom. The highest BCUT2D eigenvalue weighted by Gasteiger charge is 2.29. The van der Waals surface area contributed by atoms with Gasteiger partial charge >= 0.3 is 0 Å². The maximum atomic E-state index is 13.1. The molecular weight excluding hydrogens is 219 g/mol. The molecule has 1 aromatic carbocycles. The van der Waals surface area contributed by atoms with E-state index in [-0.39, 0.29) is 11.9 Å². The number of halogens is 1. The molecule has 0 aliphatic heterocycles. The lowest BCUT2D eigenvalue weighted by atomic mass is 9.86. The highest BCUT2D eigenvalue weighted by molar-refractivity contribution is 5.33. The van der Waals surface area contributed by atoms with Crippen molar-refractivity contribution in [2.75, 3.05) is 0 Å². The number of aliphatic hydroxyl groups is 1. The van der Waals surface area contributed by atoms with Crippen LogP contribution in [-0.2, 0) is 0 Å². The predicted octanol–water partition coefficient (Wildman–Crippen LogP) is 3.06. The molecule has 94 valence electrons. The highest BCUT2D eigenvalue weighted by atomic mass is 19.1. The minimum atomic E-state index is -0.436. The summed E-state index contributed by atoms with van der Waals surface area (Å²) in [6, 6.07) is 4.51. The molecule has 1 N–H and O–H groups in total. The molecule has 0 bridgehead atoms. The van der Waals surface area contributed by atoms with Gasteiger partial charge in [0.25, 0.3) is 0 Å². The van der Waals surface area contributed by atoms with E-state index >= 15 is 0 Å². The van der Waals surface area contributed by atoms with Crippen LogP contribution in [0.3, 0.4) is 0 Å². The average Bonchev–Trinajstić information content (AvgIpc) is 2.28. The van der Waals surface area contributed by atoms with Gasteiger partial charge in [-0.15, -0.1) is 0 Å². The third kappa shape index (κ3) is 2.97. The molecule has 3 unspecified atom stereocenters. The lowest BCUT2D eigenvalue weighted by molar-refractivity contribution is -0.00802. The molecule has 0 radical (unpaired) electrons. The van der Waals surface area contributed by atoms with Crippen LogP contribution in [0.1, 0.15) is 31.7 Å². The molecule has 0 saturated heterocycles. The Labute approximate surface area is 101 Å². The number of aryl methyl sites for hydroxylation is 1. The standard InChI is InChI=1S/C14H19FO2/c1-9-3-6-12(16)14(7-9)17-13-8-11(15)5-4-10(13)2/h4-5,8-9,12,14,16H,3,6-7H2,1-2H3. The number of aliphatic hydroxyl groups excluding tert-OH is 1. The fraction of sp³-hybridized carbons (Fsp3) is 0.571. The van der Waals surface area contributed by atoms with Crippen molar-refractivity contribution < 1.29 is 14.2 Å². The molecule has 1 saturated carbocycles. The van der Waals surface area contributed by atoms with Gasteiger partial charge in [0.15, 0.2) is 0 Å². The summed E-state index contributed by atoms with van der Waals surface area (Å²) >= 11 is 0. The van der Waals surface area contributed by atoms with Crippen LogP contribution < -0.4 is 4.74 Å². The lowest BCUT2D eigenvalue weighted by Gasteiger charge is -2.32. The fourth-order valence-electron chi connectivity index (χ4n) is 2.30. The summed E-state index contributed by atoms with van der Waals surface area (Å²) in [4.78, 5) is 0. The largest absolute Gasteiger partial charge is 0.487 e. The van der Waals surface area contributed by atoms with E-state index in [1.165, 1.54) is 12.1 Å².